The second kappa shape index (κ2) is 7.32. The number of carboxylic acid groups (broad SMARTS) is 2. The number of ether oxygens (including phenoxy) is 1. The van der Waals surface area contributed by atoms with E-state index in [1.54, 1.807) is 0 Å². The zero-order valence-electron chi connectivity index (χ0n) is 14.2. The van der Waals surface area contributed by atoms with Crippen LogP contribution in [0.3, 0.4) is 0 Å². The van der Waals surface area contributed by atoms with Crippen LogP contribution < -0.4 is 4.74 Å². The Bertz CT molecular complexity index is 1240. The molecule has 0 aliphatic heterocycles. The minimum atomic E-state index is -5.12. The zero-order chi connectivity index (χ0) is 22.3. The van der Waals surface area contributed by atoms with Gasteiger partial charge in [-0.2, -0.15) is 16.8 Å². The lowest BCUT2D eigenvalue weighted by Gasteiger charge is -2.14. The van der Waals surface area contributed by atoms with Crippen LogP contribution >= 0.6 is 0 Å². The van der Waals surface area contributed by atoms with Crippen LogP contribution in [0.2, 0.25) is 0 Å². The van der Waals surface area contributed by atoms with Gasteiger partial charge in [0.15, 0.2) is 11.5 Å². The van der Waals surface area contributed by atoms with E-state index in [9.17, 15) is 45.7 Å². The molecule has 156 valence electrons. The van der Waals surface area contributed by atoms with E-state index in [4.69, 9.17) is 9.84 Å². The molecule has 0 aliphatic rings. The summed E-state index contributed by atoms with van der Waals surface area (Å²) in [6.07, 6.45) is 0. The van der Waals surface area contributed by atoms with Crippen molar-refractivity contribution < 1.29 is 55.6 Å². The van der Waals surface area contributed by atoms with E-state index in [2.05, 4.69) is 0 Å². The van der Waals surface area contributed by atoms with E-state index in [0.29, 0.717) is 18.2 Å². The number of aromatic hydroxyl groups is 1. The first-order valence-electron chi connectivity index (χ1n) is 7.19. The molecule has 0 spiro atoms. The third kappa shape index (κ3) is 4.29. The molecule has 0 aromatic heterocycles. The number of carbonyl (C=O) groups is 2. The predicted octanol–water partition coefficient (Wildman–Crippen LogP) is 0.958. The van der Waals surface area contributed by atoms with Crippen LogP contribution in [0.4, 0.5) is 0 Å². The monoisotopic (exact) mass is 448 g/mol. The summed E-state index contributed by atoms with van der Waals surface area (Å²) in [6, 6.07) is 2.83. The summed E-state index contributed by atoms with van der Waals surface area (Å²) in [6.45, 7) is 0. The lowest BCUT2D eigenvalue weighted by Crippen LogP contribution is -2.09. The van der Waals surface area contributed by atoms with Gasteiger partial charge in [-0.3, -0.25) is 9.11 Å². The van der Waals surface area contributed by atoms with Crippen molar-refractivity contribution in [2.24, 2.45) is 0 Å². The molecule has 29 heavy (non-hydrogen) atoms. The smallest absolute Gasteiger partial charge is 0.339 e. The molecule has 5 N–H and O–H groups in total. The van der Waals surface area contributed by atoms with Gasteiger partial charge in [0.25, 0.3) is 20.2 Å². The number of hydrogen-bond acceptors (Lipinski definition) is 8. The van der Waals surface area contributed by atoms with Crippen LogP contribution in [0.1, 0.15) is 20.7 Å². The van der Waals surface area contributed by atoms with E-state index in [1.807, 2.05) is 0 Å². The fraction of sp³-hybridized carbons (Fsp3) is 0.0667. The third-order valence-electron chi connectivity index (χ3n) is 3.68. The number of rotatable bonds is 6. The van der Waals surface area contributed by atoms with Gasteiger partial charge in [0.05, 0.1) is 7.11 Å². The normalized spacial score (nSPS) is 11.8. The Hall–Kier alpha value is -3.20. The highest BCUT2D eigenvalue weighted by Gasteiger charge is 2.27. The van der Waals surface area contributed by atoms with Crippen LogP contribution in [0.25, 0.3) is 11.1 Å². The summed E-state index contributed by atoms with van der Waals surface area (Å²) in [7, 11) is -9.21. The Morgan fingerprint density at radius 1 is 0.793 bits per heavy atom. The molecule has 2 aromatic rings. The summed E-state index contributed by atoms with van der Waals surface area (Å²) in [5.41, 5.74) is -2.50. The maximum absolute atomic E-state index is 11.6. The van der Waals surface area contributed by atoms with Crippen molar-refractivity contribution in [1.82, 2.24) is 0 Å². The van der Waals surface area contributed by atoms with Crippen molar-refractivity contribution in [2.75, 3.05) is 7.11 Å². The molecule has 0 unspecified atom stereocenters. The lowest BCUT2D eigenvalue weighted by atomic mass is 9.99. The average molecular weight is 448 g/mol. The molecular weight excluding hydrogens is 436 g/mol. The number of methoxy groups -OCH3 is 1. The lowest BCUT2D eigenvalue weighted by molar-refractivity contribution is 0.0681. The molecule has 0 amide bonds. The highest BCUT2D eigenvalue weighted by molar-refractivity contribution is 7.86. The fourth-order valence-corrected chi connectivity index (χ4v) is 3.80. The molecule has 2 aromatic carbocycles. The Balaban J connectivity index is 3.02. The van der Waals surface area contributed by atoms with Gasteiger partial charge in [0, 0.05) is 0 Å². The molecular formula is C15H12O12S2. The molecule has 0 radical (unpaired) electrons. The summed E-state index contributed by atoms with van der Waals surface area (Å²) in [5.74, 6) is -5.49. The Morgan fingerprint density at radius 3 is 1.59 bits per heavy atom. The van der Waals surface area contributed by atoms with Crippen molar-refractivity contribution in [1.29, 1.82) is 0 Å². The molecule has 0 saturated heterocycles. The molecule has 14 heteroatoms. The SMILES string of the molecule is COc1c(C(=O)O)cc(-c2cc(C(=O)O)c(O)c(S(=O)(=O)O)c2)cc1S(=O)(=O)O. The van der Waals surface area contributed by atoms with Crippen molar-refractivity contribution in [3.63, 3.8) is 0 Å². The van der Waals surface area contributed by atoms with Crippen LogP contribution in [-0.4, -0.2) is 60.3 Å². The molecule has 0 bridgehead atoms. The largest absolute Gasteiger partial charge is 0.506 e. The minimum Gasteiger partial charge on any atom is -0.506 e. The number of benzene rings is 2. The van der Waals surface area contributed by atoms with E-state index >= 15 is 0 Å². The second-order valence-corrected chi connectivity index (χ2v) is 8.27. The second-order valence-electron chi connectivity index (χ2n) is 5.49. The first-order valence-corrected chi connectivity index (χ1v) is 10.1. The third-order valence-corrected chi connectivity index (χ3v) is 5.41. The van der Waals surface area contributed by atoms with E-state index < -0.39 is 70.2 Å². The average Bonchev–Trinajstić information content (AvgIpc) is 2.58. The number of hydrogen-bond donors (Lipinski definition) is 5. The number of aromatic carboxylic acids is 2. The van der Waals surface area contributed by atoms with Crippen molar-refractivity contribution in [3.8, 4) is 22.6 Å². The van der Waals surface area contributed by atoms with Crippen LogP contribution in [0.5, 0.6) is 11.5 Å². The number of phenols is 1. The van der Waals surface area contributed by atoms with Crippen LogP contribution in [-0.2, 0) is 20.2 Å². The van der Waals surface area contributed by atoms with Gasteiger partial charge < -0.3 is 20.1 Å². The molecule has 0 atom stereocenters. The van der Waals surface area contributed by atoms with Crippen molar-refractivity contribution in [2.45, 2.75) is 9.79 Å². The van der Waals surface area contributed by atoms with Crippen LogP contribution in [0.15, 0.2) is 34.1 Å². The summed E-state index contributed by atoms with van der Waals surface area (Å²) < 4.78 is 69.5. The first-order chi connectivity index (χ1) is 13.2. The summed E-state index contributed by atoms with van der Waals surface area (Å²) in [5, 5.41) is 28.3. The topological polar surface area (TPSA) is 213 Å². The van der Waals surface area contributed by atoms with Gasteiger partial charge in [-0.15, -0.1) is 0 Å². The highest BCUT2D eigenvalue weighted by Crippen LogP contribution is 2.37. The minimum absolute atomic E-state index is 0.372. The Labute approximate surface area is 163 Å². The van der Waals surface area contributed by atoms with Gasteiger partial charge in [-0.1, -0.05) is 0 Å². The Kier molecular flexibility index (Phi) is 5.58. The zero-order valence-corrected chi connectivity index (χ0v) is 15.9. The van der Waals surface area contributed by atoms with Gasteiger partial charge in [0.1, 0.15) is 20.9 Å². The molecule has 0 aliphatic carbocycles. The van der Waals surface area contributed by atoms with Gasteiger partial charge in [-0.25, -0.2) is 9.59 Å². The molecule has 12 nitrogen and oxygen atoms in total. The van der Waals surface area contributed by atoms with Crippen molar-refractivity contribution in [3.05, 3.63) is 35.4 Å². The van der Waals surface area contributed by atoms with Gasteiger partial charge >= 0.3 is 11.9 Å². The van der Waals surface area contributed by atoms with Crippen LogP contribution in [0, 0.1) is 0 Å². The first kappa shape index (κ1) is 22.1. The predicted molar refractivity (Wildman–Crippen MR) is 93.6 cm³/mol. The molecule has 2 rings (SSSR count). The fourth-order valence-electron chi connectivity index (χ4n) is 2.46. The standard InChI is InChI=1S/C15H12O12S2/c1-27-13-9(15(19)20)3-7(5-11(13)29(24,25)26)6-2-8(14(17)18)12(16)10(4-6)28(21,22)23/h2-5,16H,1H3,(H,17,18)(H,19,20)(H,21,22,23)(H,24,25,26). The van der Waals surface area contributed by atoms with E-state index in [-0.39, 0.29) is 5.56 Å². The maximum atomic E-state index is 11.6. The van der Waals surface area contributed by atoms with E-state index in [0.717, 1.165) is 13.2 Å². The molecule has 0 heterocycles. The summed E-state index contributed by atoms with van der Waals surface area (Å²) >= 11 is 0. The Morgan fingerprint density at radius 2 is 1.21 bits per heavy atom. The maximum Gasteiger partial charge on any atom is 0.339 e. The van der Waals surface area contributed by atoms with Gasteiger partial charge in [-0.05, 0) is 35.4 Å². The molecule has 0 fully saturated rings. The summed E-state index contributed by atoms with van der Waals surface area (Å²) in [4.78, 5) is 20.6. The highest BCUT2D eigenvalue weighted by atomic mass is 32.2. The number of carboxylic acids is 2. The molecule has 0 saturated carbocycles. The van der Waals surface area contributed by atoms with E-state index in [1.165, 1.54) is 0 Å². The van der Waals surface area contributed by atoms with Crippen molar-refractivity contribution >= 4 is 32.2 Å². The quantitative estimate of drug-likeness (QED) is 0.391. The van der Waals surface area contributed by atoms with Gasteiger partial charge in [0.2, 0.25) is 0 Å².